The van der Waals surface area contributed by atoms with Gasteiger partial charge in [0, 0.05) is 18.0 Å². The third kappa shape index (κ3) is 5.21. The summed E-state index contributed by atoms with van der Waals surface area (Å²) in [4.78, 5) is 37.0. The van der Waals surface area contributed by atoms with Gasteiger partial charge in [0.25, 0.3) is 0 Å². The molecular formula is C27H21ClN4O2S. The molecule has 0 radical (unpaired) electrons. The highest BCUT2D eigenvalue weighted by atomic mass is 35.5. The number of para-hydroxylation sites is 1. The number of benzene rings is 3. The van der Waals surface area contributed by atoms with E-state index in [1.807, 2.05) is 60.7 Å². The standard InChI is InChI=1S/C27H21ClN4O2S/c28-21-12-3-4-13-23(21)30-25(33)16-24-26(34)32(17-19-10-5-6-15-29-19)27(35-24)31-22-14-7-9-18-8-1-2-11-20(18)22/h1-15,24H,16-17H2,(H,30,33)/t24-/m1/s1. The molecule has 1 aliphatic heterocycles. The summed E-state index contributed by atoms with van der Waals surface area (Å²) in [6.07, 6.45) is 1.70. The van der Waals surface area contributed by atoms with Crippen molar-refractivity contribution in [1.82, 2.24) is 9.88 Å². The molecule has 1 fully saturated rings. The summed E-state index contributed by atoms with van der Waals surface area (Å²) in [5.74, 6) is -0.456. The lowest BCUT2D eigenvalue weighted by atomic mass is 10.1. The van der Waals surface area contributed by atoms with E-state index in [0.717, 1.165) is 22.2 Å². The van der Waals surface area contributed by atoms with E-state index in [4.69, 9.17) is 16.6 Å². The Hall–Kier alpha value is -3.68. The molecule has 1 aliphatic rings. The zero-order chi connectivity index (χ0) is 24.2. The van der Waals surface area contributed by atoms with E-state index in [-0.39, 0.29) is 24.8 Å². The van der Waals surface area contributed by atoms with Crippen LogP contribution in [0.3, 0.4) is 0 Å². The van der Waals surface area contributed by atoms with Crippen LogP contribution in [-0.2, 0) is 16.1 Å². The van der Waals surface area contributed by atoms with E-state index >= 15 is 0 Å². The number of pyridine rings is 1. The van der Waals surface area contributed by atoms with Gasteiger partial charge >= 0.3 is 0 Å². The Labute approximate surface area is 212 Å². The van der Waals surface area contributed by atoms with E-state index < -0.39 is 5.25 Å². The number of hydrogen-bond acceptors (Lipinski definition) is 5. The minimum atomic E-state index is -0.602. The first-order valence-electron chi connectivity index (χ1n) is 11.1. The number of hydrogen-bond donors (Lipinski definition) is 1. The first kappa shape index (κ1) is 23.1. The predicted molar refractivity (Wildman–Crippen MR) is 142 cm³/mol. The maximum Gasteiger partial charge on any atom is 0.243 e. The number of amidine groups is 1. The third-order valence-corrected chi connectivity index (χ3v) is 7.07. The number of carbonyl (C=O) groups excluding carboxylic acids is 2. The predicted octanol–water partition coefficient (Wildman–Crippen LogP) is 6.05. The second-order valence-electron chi connectivity index (χ2n) is 7.98. The second-order valence-corrected chi connectivity index (χ2v) is 9.55. The van der Waals surface area contributed by atoms with Crippen molar-refractivity contribution in [3.63, 3.8) is 0 Å². The largest absolute Gasteiger partial charge is 0.325 e. The van der Waals surface area contributed by atoms with Crippen molar-refractivity contribution < 1.29 is 9.59 Å². The van der Waals surface area contributed by atoms with Gasteiger partial charge in [-0.2, -0.15) is 0 Å². The van der Waals surface area contributed by atoms with Crippen LogP contribution in [-0.4, -0.2) is 32.1 Å². The maximum absolute atomic E-state index is 13.4. The summed E-state index contributed by atoms with van der Waals surface area (Å²) in [6, 6.07) is 26.5. The maximum atomic E-state index is 13.4. The molecule has 4 aromatic rings. The van der Waals surface area contributed by atoms with Gasteiger partial charge in [-0.15, -0.1) is 0 Å². The van der Waals surface area contributed by atoms with Gasteiger partial charge in [0.15, 0.2) is 5.17 Å². The van der Waals surface area contributed by atoms with Gasteiger partial charge in [-0.25, -0.2) is 4.99 Å². The first-order valence-corrected chi connectivity index (χ1v) is 12.3. The monoisotopic (exact) mass is 500 g/mol. The number of aliphatic imine (C=N–C) groups is 1. The molecule has 0 saturated carbocycles. The minimum absolute atomic E-state index is 0.00198. The van der Waals surface area contributed by atoms with Crippen LogP contribution >= 0.6 is 23.4 Å². The summed E-state index contributed by atoms with van der Waals surface area (Å²) >= 11 is 7.46. The summed E-state index contributed by atoms with van der Waals surface area (Å²) < 4.78 is 0. The van der Waals surface area contributed by atoms with E-state index in [9.17, 15) is 9.59 Å². The van der Waals surface area contributed by atoms with Gasteiger partial charge in [-0.3, -0.25) is 19.5 Å². The molecule has 1 atom stereocenters. The topological polar surface area (TPSA) is 74.7 Å². The summed E-state index contributed by atoms with van der Waals surface area (Å²) in [5, 5.41) is 5.26. The molecule has 0 unspecified atom stereocenters. The van der Waals surface area contributed by atoms with Crippen LogP contribution < -0.4 is 5.32 Å². The quantitative estimate of drug-likeness (QED) is 0.350. The van der Waals surface area contributed by atoms with Gasteiger partial charge in [0.2, 0.25) is 11.8 Å². The van der Waals surface area contributed by atoms with Crippen LogP contribution in [0.5, 0.6) is 0 Å². The van der Waals surface area contributed by atoms with E-state index in [2.05, 4.69) is 10.3 Å². The molecule has 3 aromatic carbocycles. The normalized spacial score (nSPS) is 16.7. The summed E-state index contributed by atoms with van der Waals surface area (Å²) in [5.41, 5.74) is 2.03. The molecule has 0 spiro atoms. The Bertz CT molecular complexity index is 1420. The Balaban J connectivity index is 1.43. The number of nitrogens with one attached hydrogen (secondary N) is 1. The van der Waals surface area contributed by atoms with Crippen molar-refractivity contribution in [2.75, 3.05) is 5.32 Å². The van der Waals surface area contributed by atoms with Crippen LogP contribution in [0.1, 0.15) is 12.1 Å². The number of anilines is 1. The number of halogens is 1. The Kier molecular flexibility index (Phi) is 6.79. The Morgan fingerprint density at radius 1 is 1.00 bits per heavy atom. The molecule has 35 heavy (non-hydrogen) atoms. The van der Waals surface area contributed by atoms with Crippen LogP contribution in [0.15, 0.2) is 96.1 Å². The first-order chi connectivity index (χ1) is 17.1. The highest BCUT2D eigenvalue weighted by molar-refractivity contribution is 8.15. The van der Waals surface area contributed by atoms with Gasteiger partial charge < -0.3 is 5.32 Å². The summed E-state index contributed by atoms with van der Waals surface area (Å²) in [6.45, 7) is 0.277. The van der Waals surface area contributed by atoms with Crippen molar-refractivity contribution in [2.45, 2.75) is 18.2 Å². The zero-order valence-corrected chi connectivity index (χ0v) is 20.2. The number of fused-ring (bicyclic) bond motifs is 1. The van der Waals surface area contributed by atoms with Gasteiger partial charge in [0.1, 0.15) is 5.25 Å². The van der Waals surface area contributed by atoms with Crippen LogP contribution in [0.2, 0.25) is 5.02 Å². The van der Waals surface area contributed by atoms with Crippen molar-refractivity contribution in [3.8, 4) is 0 Å². The summed E-state index contributed by atoms with van der Waals surface area (Å²) in [7, 11) is 0. The lowest BCUT2D eigenvalue weighted by Crippen LogP contribution is -2.33. The number of rotatable bonds is 6. The molecule has 0 bridgehead atoms. The van der Waals surface area contributed by atoms with Crippen LogP contribution in [0.25, 0.3) is 10.8 Å². The fraction of sp³-hybridized carbons (Fsp3) is 0.111. The number of aromatic nitrogens is 1. The molecule has 6 nitrogen and oxygen atoms in total. The molecule has 1 aromatic heterocycles. The van der Waals surface area contributed by atoms with Crippen molar-refractivity contribution in [2.24, 2.45) is 4.99 Å². The fourth-order valence-corrected chi connectivity index (χ4v) is 5.20. The number of nitrogens with zero attached hydrogens (tertiary/aromatic N) is 3. The third-order valence-electron chi connectivity index (χ3n) is 5.57. The number of carbonyl (C=O) groups is 2. The second kappa shape index (κ2) is 10.3. The molecule has 1 N–H and O–H groups in total. The Morgan fingerprint density at radius 2 is 1.77 bits per heavy atom. The van der Waals surface area contributed by atoms with E-state index in [1.54, 1.807) is 35.4 Å². The SMILES string of the molecule is O=C(C[C@H]1SC(=Nc2cccc3ccccc23)N(Cc2ccccn2)C1=O)Nc1ccccc1Cl. The van der Waals surface area contributed by atoms with E-state index in [1.165, 1.54) is 11.8 Å². The average molecular weight is 501 g/mol. The lowest BCUT2D eigenvalue weighted by Gasteiger charge is -2.16. The molecule has 174 valence electrons. The highest BCUT2D eigenvalue weighted by Crippen LogP contribution is 2.35. The molecule has 8 heteroatoms. The fourth-order valence-electron chi connectivity index (χ4n) is 3.87. The lowest BCUT2D eigenvalue weighted by molar-refractivity contribution is -0.128. The van der Waals surface area contributed by atoms with Crippen molar-refractivity contribution in [1.29, 1.82) is 0 Å². The molecule has 2 heterocycles. The van der Waals surface area contributed by atoms with Crippen molar-refractivity contribution in [3.05, 3.63) is 102 Å². The molecule has 0 aliphatic carbocycles. The van der Waals surface area contributed by atoms with Crippen molar-refractivity contribution >= 4 is 62.5 Å². The number of thioether (sulfide) groups is 1. The number of amides is 2. The Morgan fingerprint density at radius 3 is 2.60 bits per heavy atom. The van der Waals surface area contributed by atoms with Gasteiger partial charge in [-0.05, 0) is 35.7 Å². The molecule has 5 rings (SSSR count). The van der Waals surface area contributed by atoms with Crippen LogP contribution in [0.4, 0.5) is 11.4 Å². The van der Waals surface area contributed by atoms with Crippen LogP contribution in [0, 0.1) is 0 Å². The minimum Gasteiger partial charge on any atom is -0.325 e. The molecule has 1 saturated heterocycles. The zero-order valence-electron chi connectivity index (χ0n) is 18.6. The highest BCUT2D eigenvalue weighted by Gasteiger charge is 2.39. The smallest absolute Gasteiger partial charge is 0.243 e. The van der Waals surface area contributed by atoms with E-state index in [0.29, 0.717) is 15.9 Å². The van der Waals surface area contributed by atoms with Gasteiger partial charge in [0.05, 0.1) is 28.6 Å². The molecular weight excluding hydrogens is 480 g/mol. The molecule has 2 amide bonds. The van der Waals surface area contributed by atoms with Gasteiger partial charge in [-0.1, -0.05) is 78.0 Å². The average Bonchev–Trinajstić information content (AvgIpc) is 3.15.